The van der Waals surface area contributed by atoms with Gasteiger partial charge < -0.3 is 4.98 Å². The van der Waals surface area contributed by atoms with Crippen LogP contribution in [0.1, 0.15) is 45.6 Å². The molecule has 1 amide bonds. The Hall–Kier alpha value is -2.66. The van der Waals surface area contributed by atoms with E-state index in [1.807, 2.05) is 18.1 Å². The molecule has 5 rings (SSSR count). The summed E-state index contributed by atoms with van der Waals surface area (Å²) in [5.41, 5.74) is 7.58. The zero-order valence-electron chi connectivity index (χ0n) is 13.8. The number of aromatic amines is 1. The minimum atomic E-state index is -0.392. The summed E-state index contributed by atoms with van der Waals surface area (Å²) < 4.78 is 14.0. The maximum atomic E-state index is 14.0. The molecule has 2 N–H and O–H groups in total. The highest BCUT2D eigenvalue weighted by atomic mass is 19.1. The van der Waals surface area contributed by atoms with Gasteiger partial charge in [0.15, 0.2) is 0 Å². The largest absolute Gasteiger partial charge is 0.358 e. The molecule has 25 heavy (non-hydrogen) atoms. The molecule has 2 heterocycles. The first kappa shape index (κ1) is 14.7. The lowest BCUT2D eigenvalue weighted by molar-refractivity contribution is 0.0744. The van der Waals surface area contributed by atoms with Crippen molar-refractivity contribution in [2.75, 3.05) is 7.05 Å². The molecule has 1 aliphatic heterocycles. The Morgan fingerprint density at radius 3 is 2.80 bits per heavy atom. The van der Waals surface area contributed by atoms with E-state index in [0.29, 0.717) is 17.0 Å². The molecule has 2 unspecified atom stereocenters. The molecule has 0 radical (unpaired) electrons. The Morgan fingerprint density at radius 1 is 1.20 bits per heavy atom. The monoisotopic (exact) mass is 335 g/mol. The fraction of sp³-hybridized carbons (Fsp3) is 0.250. The average molecular weight is 335 g/mol. The van der Waals surface area contributed by atoms with Gasteiger partial charge in [-0.05, 0) is 36.5 Å². The number of nitrogens with one attached hydrogen (secondary N) is 2. The molecule has 126 valence electrons. The molecule has 0 bridgehead atoms. The van der Waals surface area contributed by atoms with Crippen LogP contribution in [0, 0.1) is 5.82 Å². The number of carbonyl (C=O) groups is 1. The molecule has 0 saturated carbocycles. The zero-order chi connectivity index (χ0) is 17.1. The van der Waals surface area contributed by atoms with Crippen LogP contribution in [0.2, 0.25) is 0 Å². The van der Waals surface area contributed by atoms with Crippen molar-refractivity contribution in [1.29, 1.82) is 0 Å². The molecule has 5 heteroatoms. The second kappa shape index (κ2) is 5.17. The number of rotatable bonds is 1. The minimum Gasteiger partial charge on any atom is -0.358 e. The number of benzene rings is 2. The molecule has 4 nitrogen and oxygen atoms in total. The van der Waals surface area contributed by atoms with Gasteiger partial charge in [0.05, 0.1) is 11.6 Å². The third-order valence-corrected chi connectivity index (χ3v) is 5.54. The van der Waals surface area contributed by atoms with Gasteiger partial charge in [0.2, 0.25) is 0 Å². The van der Waals surface area contributed by atoms with Gasteiger partial charge in [0, 0.05) is 29.2 Å². The summed E-state index contributed by atoms with van der Waals surface area (Å²) in [6.07, 6.45) is 1.78. The average Bonchev–Trinajstić information content (AvgIpc) is 2.93. The van der Waals surface area contributed by atoms with Crippen molar-refractivity contribution in [3.05, 3.63) is 70.7 Å². The summed E-state index contributed by atoms with van der Waals surface area (Å²) in [5, 5.41) is 2.75. The Kier molecular flexibility index (Phi) is 3.03. The normalized spacial score (nSPS) is 22.7. The third kappa shape index (κ3) is 2.12. The number of amides is 1. The van der Waals surface area contributed by atoms with Crippen LogP contribution < -0.4 is 5.43 Å². The highest BCUT2D eigenvalue weighted by Crippen LogP contribution is 2.45. The van der Waals surface area contributed by atoms with E-state index < -0.39 is 5.82 Å². The molecular formula is C20H18FN3O. The van der Waals surface area contributed by atoms with Crippen LogP contribution in [0.4, 0.5) is 4.39 Å². The summed E-state index contributed by atoms with van der Waals surface area (Å²) in [4.78, 5) is 16.0. The minimum absolute atomic E-state index is 0.0679. The highest BCUT2D eigenvalue weighted by molar-refractivity contribution is 6.08. The van der Waals surface area contributed by atoms with Gasteiger partial charge >= 0.3 is 0 Å². The second-order valence-corrected chi connectivity index (χ2v) is 7.01. The summed E-state index contributed by atoms with van der Waals surface area (Å²) in [6, 6.07) is 13.3. The van der Waals surface area contributed by atoms with E-state index in [1.165, 1.54) is 17.7 Å². The van der Waals surface area contributed by atoms with Crippen LogP contribution in [0.3, 0.4) is 0 Å². The molecule has 1 aromatic heterocycles. The first-order valence-electron chi connectivity index (χ1n) is 8.54. The second-order valence-electron chi connectivity index (χ2n) is 7.01. The number of hydrazine groups is 1. The summed E-state index contributed by atoms with van der Waals surface area (Å²) in [5.74, 6) is -0.283. The SMILES string of the molecule is CN1NC(=O)c2cc(F)cc3[nH]c4c(c23)C1CC(c1ccccc1)C4. The van der Waals surface area contributed by atoms with Crippen molar-refractivity contribution in [3.63, 3.8) is 0 Å². The highest BCUT2D eigenvalue weighted by Gasteiger charge is 2.37. The Morgan fingerprint density at radius 2 is 2.00 bits per heavy atom. The molecule has 3 aromatic rings. The van der Waals surface area contributed by atoms with Gasteiger partial charge in [-0.2, -0.15) is 0 Å². The van der Waals surface area contributed by atoms with Gasteiger partial charge in [-0.3, -0.25) is 10.2 Å². The zero-order valence-corrected chi connectivity index (χ0v) is 13.8. The maximum Gasteiger partial charge on any atom is 0.266 e. The van der Waals surface area contributed by atoms with Crippen molar-refractivity contribution in [2.24, 2.45) is 0 Å². The van der Waals surface area contributed by atoms with Crippen LogP contribution in [0.5, 0.6) is 0 Å². The van der Waals surface area contributed by atoms with Crippen LogP contribution in [-0.4, -0.2) is 22.9 Å². The van der Waals surface area contributed by atoms with E-state index in [1.54, 1.807) is 0 Å². The van der Waals surface area contributed by atoms with E-state index in [2.05, 4.69) is 34.7 Å². The van der Waals surface area contributed by atoms with Crippen molar-refractivity contribution in [1.82, 2.24) is 15.4 Å². The fourth-order valence-corrected chi connectivity index (χ4v) is 4.43. The number of aromatic nitrogens is 1. The number of nitrogens with zero attached hydrogens (tertiary/aromatic N) is 1. The summed E-state index contributed by atoms with van der Waals surface area (Å²) >= 11 is 0. The Balaban J connectivity index is 1.73. The predicted molar refractivity (Wildman–Crippen MR) is 93.7 cm³/mol. The maximum absolute atomic E-state index is 14.0. The quantitative estimate of drug-likeness (QED) is 0.713. The van der Waals surface area contributed by atoms with Gasteiger partial charge in [0.25, 0.3) is 5.91 Å². The van der Waals surface area contributed by atoms with E-state index in [-0.39, 0.29) is 11.9 Å². The molecule has 2 aromatic carbocycles. The van der Waals surface area contributed by atoms with Crippen molar-refractivity contribution in [3.8, 4) is 0 Å². The molecule has 0 saturated heterocycles. The fourth-order valence-electron chi connectivity index (χ4n) is 4.43. The van der Waals surface area contributed by atoms with Crippen LogP contribution in [0.15, 0.2) is 42.5 Å². The van der Waals surface area contributed by atoms with E-state index in [9.17, 15) is 9.18 Å². The van der Waals surface area contributed by atoms with E-state index in [0.717, 1.165) is 29.5 Å². The number of hydrogen-bond acceptors (Lipinski definition) is 2. The van der Waals surface area contributed by atoms with E-state index in [4.69, 9.17) is 0 Å². The number of carbonyl (C=O) groups excluding carboxylic acids is 1. The smallest absolute Gasteiger partial charge is 0.266 e. The summed E-state index contributed by atoms with van der Waals surface area (Å²) in [6.45, 7) is 0. The van der Waals surface area contributed by atoms with Crippen LogP contribution in [0.25, 0.3) is 10.9 Å². The molecule has 0 spiro atoms. The Labute approximate surface area is 144 Å². The number of halogens is 1. The first-order chi connectivity index (χ1) is 12.1. The standard InChI is InChI=1S/C20H18FN3O/c1-24-17-8-12(11-5-3-2-4-6-11)7-15-19(17)18-14(20(25)23-24)9-13(21)10-16(18)22-15/h2-6,9-10,12,17,22H,7-8H2,1H3,(H,23,25). The molecule has 2 atom stereocenters. The number of H-pyrrole nitrogens is 1. The van der Waals surface area contributed by atoms with Gasteiger partial charge in [-0.1, -0.05) is 30.3 Å². The van der Waals surface area contributed by atoms with Crippen molar-refractivity contribution < 1.29 is 9.18 Å². The Bertz CT molecular complexity index is 995. The molecule has 2 aliphatic rings. The first-order valence-corrected chi connectivity index (χ1v) is 8.54. The number of hydrogen-bond donors (Lipinski definition) is 2. The summed E-state index contributed by atoms with van der Waals surface area (Å²) in [7, 11) is 1.89. The van der Waals surface area contributed by atoms with Gasteiger partial charge in [-0.25, -0.2) is 9.40 Å². The third-order valence-electron chi connectivity index (χ3n) is 5.54. The molecular weight excluding hydrogens is 317 g/mol. The van der Waals surface area contributed by atoms with Crippen molar-refractivity contribution in [2.45, 2.75) is 24.8 Å². The predicted octanol–water partition coefficient (Wildman–Crippen LogP) is 3.67. The molecule has 1 aliphatic carbocycles. The lowest BCUT2D eigenvalue weighted by Gasteiger charge is -2.34. The van der Waals surface area contributed by atoms with Gasteiger partial charge in [0.1, 0.15) is 5.82 Å². The van der Waals surface area contributed by atoms with Crippen LogP contribution >= 0.6 is 0 Å². The van der Waals surface area contributed by atoms with Crippen LogP contribution in [-0.2, 0) is 6.42 Å². The van der Waals surface area contributed by atoms with Crippen molar-refractivity contribution >= 4 is 16.8 Å². The lowest BCUT2D eigenvalue weighted by Crippen LogP contribution is -2.41. The molecule has 0 fully saturated rings. The topological polar surface area (TPSA) is 48.1 Å². The lowest BCUT2D eigenvalue weighted by atomic mass is 9.79. The van der Waals surface area contributed by atoms with E-state index >= 15 is 0 Å². The van der Waals surface area contributed by atoms with Gasteiger partial charge in [-0.15, -0.1) is 0 Å².